The van der Waals surface area contributed by atoms with E-state index < -0.39 is 4.92 Å². The largest absolute Gasteiger partial charge is 0.292 e. The highest BCUT2D eigenvalue weighted by molar-refractivity contribution is 5.94. The second kappa shape index (κ2) is 4.27. The van der Waals surface area contributed by atoms with Crippen LogP contribution in [0.2, 0.25) is 0 Å². The number of aromatic nitrogens is 2. The number of benzene rings is 2. The van der Waals surface area contributed by atoms with Gasteiger partial charge in [-0.25, -0.2) is 4.98 Å². The third-order valence-electron chi connectivity index (χ3n) is 3.70. The predicted molar refractivity (Wildman–Crippen MR) is 81.6 cm³/mol. The van der Waals surface area contributed by atoms with Crippen molar-refractivity contribution in [2.45, 2.75) is 0 Å². The van der Waals surface area contributed by atoms with Gasteiger partial charge in [-0.1, -0.05) is 18.2 Å². The van der Waals surface area contributed by atoms with Gasteiger partial charge >= 0.3 is 0 Å². The highest BCUT2D eigenvalue weighted by atomic mass is 16.6. The smallest absolute Gasteiger partial charge is 0.271 e. The lowest BCUT2D eigenvalue weighted by Gasteiger charge is -2.04. The molecule has 6 heteroatoms. The summed E-state index contributed by atoms with van der Waals surface area (Å²) in [6, 6.07) is 16.0. The minimum Gasteiger partial charge on any atom is -0.292 e. The molecule has 104 valence electrons. The Bertz CT molecular complexity index is 1120. The maximum Gasteiger partial charge on any atom is 0.271 e. The minimum atomic E-state index is -0.442. The van der Waals surface area contributed by atoms with Gasteiger partial charge in [-0.05, 0) is 18.2 Å². The third-order valence-corrected chi connectivity index (χ3v) is 3.70. The van der Waals surface area contributed by atoms with Gasteiger partial charge in [0.25, 0.3) is 5.69 Å². The highest BCUT2D eigenvalue weighted by Gasteiger charge is 2.14. The van der Waals surface area contributed by atoms with E-state index in [1.807, 2.05) is 28.7 Å². The molecule has 0 aliphatic rings. The van der Waals surface area contributed by atoms with E-state index in [2.05, 4.69) is 11.1 Å². The number of imidazole rings is 1. The first-order valence-electron chi connectivity index (χ1n) is 6.57. The second-order valence-corrected chi connectivity index (χ2v) is 4.92. The summed E-state index contributed by atoms with van der Waals surface area (Å²) in [5.74, 6) is 0. The number of hydrogen-bond donors (Lipinski definition) is 0. The van der Waals surface area contributed by atoms with Crippen LogP contribution in [-0.2, 0) is 0 Å². The van der Waals surface area contributed by atoms with Crippen molar-refractivity contribution in [1.82, 2.24) is 9.38 Å². The molecule has 4 rings (SSSR count). The SMILES string of the molecule is N#Cc1cc2nc3cc([N+](=O)[O-])ccc3n2c2ccccc12. The highest BCUT2D eigenvalue weighted by Crippen LogP contribution is 2.27. The molecule has 0 unspecified atom stereocenters. The number of nitrogens with zero attached hydrogens (tertiary/aromatic N) is 4. The summed E-state index contributed by atoms with van der Waals surface area (Å²) in [6.45, 7) is 0. The minimum absolute atomic E-state index is 0.000665. The molecular weight excluding hydrogens is 280 g/mol. The molecule has 2 aromatic heterocycles. The van der Waals surface area contributed by atoms with Crippen LogP contribution < -0.4 is 0 Å². The van der Waals surface area contributed by atoms with Crippen LogP contribution in [0.25, 0.3) is 27.6 Å². The number of nitro benzene ring substituents is 1. The van der Waals surface area contributed by atoms with Gasteiger partial charge in [0.05, 0.1) is 33.1 Å². The summed E-state index contributed by atoms with van der Waals surface area (Å²) in [6.07, 6.45) is 0. The van der Waals surface area contributed by atoms with Gasteiger partial charge in [0, 0.05) is 17.5 Å². The Morgan fingerprint density at radius 3 is 2.73 bits per heavy atom. The van der Waals surface area contributed by atoms with Crippen molar-refractivity contribution in [1.29, 1.82) is 5.26 Å². The van der Waals surface area contributed by atoms with Gasteiger partial charge in [-0.15, -0.1) is 0 Å². The van der Waals surface area contributed by atoms with Crippen molar-refractivity contribution in [3.63, 3.8) is 0 Å². The first kappa shape index (κ1) is 12.3. The fourth-order valence-corrected chi connectivity index (χ4v) is 2.75. The van der Waals surface area contributed by atoms with Crippen LogP contribution in [0.3, 0.4) is 0 Å². The molecule has 0 aliphatic carbocycles. The van der Waals surface area contributed by atoms with Crippen LogP contribution in [0.4, 0.5) is 5.69 Å². The van der Waals surface area contributed by atoms with E-state index in [9.17, 15) is 15.4 Å². The first-order valence-corrected chi connectivity index (χ1v) is 6.57. The third kappa shape index (κ3) is 1.56. The fourth-order valence-electron chi connectivity index (χ4n) is 2.75. The Morgan fingerprint density at radius 2 is 1.95 bits per heavy atom. The Balaban J connectivity index is 2.23. The van der Waals surface area contributed by atoms with Crippen LogP contribution in [0.1, 0.15) is 5.56 Å². The van der Waals surface area contributed by atoms with Crippen molar-refractivity contribution >= 4 is 33.3 Å². The average molecular weight is 288 g/mol. The molecule has 0 bridgehead atoms. The Kier molecular flexibility index (Phi) is 2.38. The lowest BCUT2D eigenvalue weighted by Crippen LogP contribution is -1.91. The standard InChI is InChI=1S/C16H8N4O2/c17-9-10-7-16-18-13-8-11(20(21)22)5-6-15(13)19(16)14-4-2-1-3-12(10)14/h1-8H. The molecule has 0 fully saturated rings. The van der Waals surface area contributed by atoms with Crippen LogP contribution in [-0.4, -0.2) is 14.3 Å². The molecule has 2 heterocycles. The van der Waals surface area contributed by atoms with E-state index >= 15 is 0 Å². The number of non-ortho nitro benzene ring substituents is 1. The first-order chi connectivity index (χ1) is 10.7. The number of rotatable bonds is 1. The zero-order valence-corrected chi connectivity index (χ0v) is 11.2. The topological polar surface area (TPSA) is 84.2 Å². The van der Waals surface area contributed by atoms with E-state index in [0.29, 0.717) is 16.7 Å². The number of nitriles is 1. The van der Waals surface area contributed by atoms with Crippen LogP contribution in [0, 0.1) is 21.4 Å². The van der Waals surface area contributed by atoms with Crippen molar-refractivity contribution in [3.05, 3.63) is 64.2 Å². The summed E-state index contributed by atoms with van der Waals surface area (Å²) < 4.78 is 1.91. The molecule has 0 amide bonds. The number of pyridine rings is 1. The molecule has 6 nitrogen and oxygen atoms in total. The molecule has 0 N–H and O–H groups in total. The van der Waals surface area contributed by atoms with Gasteiger partial charge in [0.2, 0.25) is 0 Å². The quantitative estimate of drug-likeness (QED) is 0.397. The normalized spacial score (nSPS) is 11.0. The maximum atomic E-state index is 10.9. The number of para-hydroxylation sites is 1. The molecular formula is C16H8N4O2. The van der Waals surface area contributed by atoms with Crippen LogP contribution in [0.15, 0.2) is 48.5 Å². The molecule has 0 saturated heterocycles. The molecule has 0 atom stereocenters. The van der Waals surface area contributed by atoms with Gasteiger partial charge in [-0.2, -0.15) is 5.26 Å². The second-order valence-electron chi connectivity index (χ2n) is 4.92. The van der Waals surface area contributed by atoms with E-state index in [0.717, 1.165) is 16.4 Å². The van der Waals surface area contributed by atoms with Crippen molar-refractivity contribution in [2.75, 3.05) is 0 Å². The van der Waals surface area contributed by atoms with Gasteiger partial charge in [0.15, 0.2) is 0 Å². The van der Waals surface area contributed by atoms with Gasteiger partial charge < -0.3 is 0 Å². The summed E-state index contributed by atoms with van der Waals surface area (Å²) in [7, 11) is 0. The zero-order chi connectivity index (χ0) is 15.3. The van der Waals surface area contributed by atoms with E-state index in [4.69, 9.17) is 0 Å². The Morgan fingerprint density at radius 1 is 1.14 bits per heavy atom. The molecule has 2 aromatic carbocycles. The molecule has 0 saturated carbocycles. The Hall–Kier alpha value is -3.46. The van der Waals surface area contributed by atoms with Crippen molar-refractivity contribution in [3.8, 4) is 6.07 Å². The van der Waals surface area contributed by atoms with Gasteiger partial charge in [-0.3, -0.25) is 14.5 Å². The molecule has 0 aliphatic heterocycles. The van der Waals surface area contributed by atoms with Gasteiger partial charge in [0.1, 0.15) is 5.65 Å². The number of nitro groups is 1. The molecule has 0 spiro atoms. The lowest BCUT2D eigenvalue weighted by molar-refractivity contribution is -0.384. The summed E-state index contributed by atoms with van der Waals surface area (Å²) >= 11 is 0. The predicted octanol–water partition coefficient (Wildman–Crippen LogP) is 3.42. The lowest BCUT2D eigenvalue weighted by atomic mass is 10.1. The van der Waals surface area contributed by atoms with Crippen LogP contribution in [0.5, 0.6) is 0 Å². The summed E-state index contributed by atoms with van der Waals surface area (Å²) in [4.78, 5) is 14.9. The van der Waals surface area contributed by atoms with Crippen molar-refractivity contribution < 1.29 is 4.92 Å². The number of fused-ring (bicyclic) bond motifs is 5. The zero-order valence-electron chi connectivity index (χ0n) is 11.2. The van der Waals surface area contributed by atoms with E-state index in [1.54, 1.807) is 12.1 Å². The van der Waals surface area contributed by atoms with E-state index in [-0.39, 0.29) is 5.69 Å². The fraction of sp³-hybridized carbons (Fsp3) is 0. The van der Waals surface area contributed by atoms with Crippen LogP contribution >= 0.6 is 0 Å². The molecule has 22 heavy (non-hydrogen) atoms. The Labute approximate surface area is 124 Å². The van der Waals surface area contributed by atoms with E-state index in [1.165, 1.54) is 12.1 Å². The van der Waals surface area contributed by atoms with Crippen molar-refractivity contribution in [2.24, 2.45) is 0 Å². The molecule has 4 aromatic rings. The maximum absolute atomic E-state index is 10.9. The molecule has 0 radical (unpaired) electrons. The average Bonchev–Trinajstić information content (AvgIpc) is 2.91. The summed E-state index contributed by atoms with van der Waals surface area (Å²) in [5.41, 5.74) is 3.31. The number of hydrogen-bond acceptors (Lipinski definition) is 4. The monoisotopic (exact) mass is 288 g/mol. The summed E-state index contributed by atoms with van der Waals surface area (Å²) in [5, 5.41) is 21.0.